The van der Waals surface area contributed by atoms with Crippen LogP contribution in [0.15, 0.2) is 17.0 Å². The van der Waals surface area contributed by atoms with Gasteiger partial charge in [-0.3, -0.25) is 0 Å². The number of hydrogen-bond acceptors (Lipinski definition) is 2. The molecule has 10 heavy (non-hydrogen) atoms. The third-order valence-electron chi connectivity index (χ3n) is 1.25. The quantitative estimate of drug-likeness (QED) is 0.580. The Bertz CT molecular complexity index is 237. The summed E-state index contributed by atoms with van der Waals surface area (Å²) in [4.78, 5) is 0.519. The summed E-state index contributed by atoms with van der Waals surface area (Å²) in [6.07, 6.45) is 0. The molecule has 0 atom stereocenters. The Balaban J connectivity index is 3.31. The summed E-state index contributed by atoms with van der Waals surface area (Å²) in [6.45, 7) is 1.78. The van der Waals surface area contributed by atoms with Crippen molar-refractivity contribution in [3.8, 4) is 5.75 Å². The number of aryl methyl sites for hydroxylation is 1. The maximum atomic E-state index is 9.20. The van der Waals surface area contributed by atoms with E-state index in [0.717, 1.165) is 5.56 Å². The van der Waals surface area contributed by atoms with Gasteiger partial charge in [-0.25, -0.2) is 0 Å². The minimum atomic E-state index is 0.202. The molecule has 1 nitrogen and oxygen atoms in total. The van der Waals surface area contributed by atoms with Crippen LogP contribution in [-0.2, 0) is 0 Å². The number of rotatable bonds is 0. The van der Waals surface area contributed by atoms with Crippen LogP contribution in [0.5, 0.6) is 5.75 Å². The fourth-order valence-corrected chi connectivity index (χ4v) is 1.38. The SMILES string of the molecule is Cc1cc(Cl)cc(S)c1O. The van der Waals surface area contributed by atoms with Gasteiger partial charge < -0.3 is 5.11 Å². The molecule has 0 heterocycles. The highest BCUT2D eigenvalue weighted by molar-refractivity contribution is 7.80. The Morgan fingerprint density at radius 1 is 1.50 bits per heavy atom. The minimum absolute atomic E-state index is 0.202. The second kappa shape index (κ2) is 2.72. The molecule has 0 aliphatic rings. The van der Waals surface area contributed by atoms with E-state index in [1.54, 1.807) is 19.1 Å². The molecule has 0 unspecified atom stereocenters. The van der Waals surface area contributed by atoms with Gasteiger partial charge >= 0.3 is 0 Å². The van der Waals surface area contributed by atoms with Crippen molar-refractivity contribution in [2.45, 2.75) is 11.8 Å². The molecule has 0 amide bonds. The molecule has 54 valence electrons. The fourth-order valence-electron chi connectivity index (χ4n) is 0.718. The molecule has 1 aromatic carbocycles. The molecular weight excluding hydrogens is 168 g/mol. The summed E-state index contributed by atoms with van der Waals surface area (Å²) in [7, 11) is 0. The zero-order valence-corrected chi connectivity index (χ0v) is 7.08. The largest absolute Gasteiger partial charge is 0.507 e. The monoisotopic (exact) mass is 174 g/mol. The van der Waals surface area contributed by atoms with Crippen LogP contribution in [-0.4, -0.2) is 5.11 Å². The van der Waals surface area contributed by atoms with Gasteiger partial charge in [0, 0.05) is 9.92 Å². The van der Waals surface area contributed by atoms with Crippen molar-refractivity contribution < 1.29 is 5.11 Å². The Morgan fingerprint density at radius 3 is 2.60 bits per heavy atom. The normalized spacial score (nSPS) is 9.90. The number of hydrogen-bond donors (Lipinski definition) is 2. The summed E-state index contributed by atoms with van der Waals surface area (Å²) in [5.41, 5.74) is 0.748. The molecule has 1 aromatic rings. The third kappa shape index (κ3) is 1.39. The van der Waals surface area contributed by atoms with Crippen molar-refractivity contribution in [1.29, 1.82) is 0 Å². The van der Waals surface area contributed by atoms with E-state index in [4.69, 9.17) is 11.6 Å². The van der Waals surface area contributed by atoms with Crippen molar-refractivity contribution in [2.75, 3.05) is 0 Å². The molecule has 0 radical (unpaired) electrons. The number of phenols is 1. The highest BCUT2D eigenvalue weighted by Crippen LogP contribution is 2.28. The average Bonchev–Trinajstić information content (AvgIpc) is 1.82. The van der Waals surface area contributed by atoms with Gasteiger partial charge in [0.1, 0.15) is 5.75 Å². The molecule has 0 saturated heterocycles. The van der Waals surface area contributed by atoms with Gasteiger partial charge in [0.15, 0.2) is 0 Å². The number of aromatic hydroxyl groups is 1. The first kappa shape index (κ1) is 7.76. The average molecular weight is 175 g/mol. The first-order chi connectivity index (χ1) is 4.61. The predicted octanol–water partition coefficient (Wildman–Crippen LogP) is 2.64. The first-order valence-corrected chi connectivity index (χ1v) is 3.62. The highest BCUT2D eigenvalue weighted by atomic mass is 35.5. The van der Waals surface area contributed by atoms with Crippen molar-refractivity contribution in [3.63, 3.8) is 0 Å². The smallest absolute Gasteiger partial charge is 0.131 e. The number of benzene rings is 1. The van der Waals surface area contributed by atoms with E-state index in [-0.39, 0.29) is 5.75 Å². The molecule has 1 N–H and O–H groups in total. The van der Waals surface area contributed by atoms with Gasteiger partial charge in [-0.15, -0.1) is 12.6 Å². The van der Waals surface area contributed by atoms with E-state index in [1.807, 2.05) is 0 Å². The zero-order chi connectivity index (χ0) is 7.72. The van der Waals surface area contributed by atoms with E-state index in [2.05, 4.69) is 12.6 Å². The van der Waals surface area contributed by atoms with Gasteiger partial charge in [-0.1, -0.05) is 11.6 Å². The Kier molecular flexibility index (Phi) is 2.11. The van der Waals surface area contributed by atoms with Crippen LogP contribution in [0.3, 0.4) is 0 Å². The van der Waals surface area contributed by atoms with E-state index >= 15 is 0 Å². The van der Waals surface area contributed by atoms with Crippen LogP contribution in [0.2, 0.25) is 5.02 Å². The summed E-state index contributed by atoms with van der Waals surface area (Å²) >= 11 is 9.67. The number of phenolic OH excluding ortho intramolecular Hbond substituents is 1. The van der Waals surface area contributed by atoms with Crippen LogP contribution < -0.4 is 0 Å². The minimum Gasteiger partial charge on any atom is -0.507 e. The van der Waals surface area contributed by atoms with Crippen LogP contribution in [0, 0.1) is 6.92 Å². The third-order valence-corrected chi connectivity index (χ3v) is 1.80. The van der Waals surface area contributed by atoms with Gasteiger partial charge in [-0.2, -0.15) is 0 Å². The van der Waals surface area contributed by atoms with Crippen LogP contribution in [0.1, 0.15) is 5.56 Å². The van der Waals surface area contributed by atoms with E-state index in [9.17, 15) is 5.11 Å². The molecule has 0 aliphatic heterocycles. The molecule has 0 aromatic heterocycles. The second-order valence-electron chi connectivity index (χ2n) is 2.09. The van der Waals surface area contributed by atoms with Crippen molar-refractivity contribution in [2.24, 2.45) is 0 Å². The van der Waals surface area contributed by atoms with Crippen molar-refractivity contribution >= 4 is 24.2 Å². The van der Waals surface area contributed by atoms with E-state index in [0.29, 0.717) is 9.92 Å². The lowest BCUT2D eigenvalue weighted by Crippen LogP contribution is -1.76. The zero-order valence-electron chi connectivity index (χ0n) is 5.43. The van der Waals surface area contributed by atoms with Crippen molar-refractivity contribution in [3.05, 3.63) is 22.7 Å². The predicted molar refractivity (Wildman–Crippen MR) is 45.1 cm³/mol. The van der Waals surface area contributed by atoms with Gasteiger partial charge in [-0.05, 0) is 24.6 Å². The lowest BCUT2D eigenvalue weighted by Gasteiger charge is -2.01. The Labute approximate surface area is 70.0 Å². The molecule has 0 fully saturated rings. The van der Waals surface area contributed by atoms with Crippen LogP contribution in [0.4, 0.5) is 0 Å². The molecule has 1 rings (SSSR count). The Hall–Kier alpha value is -0.340. The lowest BCUT2D eigenvalue weighted by atomic mass is 10.2. The van der Waals surface area contributed by atoms with Gasteiger partial charge in [0.25, 0.3) is 0 Å². The van der Waals surface area contributed by atoms with E-state index < -0.39 is 0 Å². The molecule has 0 aliphatic carbocycles. The molecule has 0 spiro atoms. The van der Waals surface area contributed by atoms with Gasteiger partial charge in [0.05, 0.1) is 0 Å². The first-order valence-electron chi connectivity index (χ1n) is 2.79. The topological polar surface area (TPSA) is 20.2 Å². The summed E-state index contributed by atoms with van der Waals surface area (Å²) < 4.78 is 0. The molecule has 3 heteroatoms. The Morgan fingerprint density at radius 2 is 2.10 bits per heavy atom. The second-order valence-corrected chi connectivity index (χ2v) is 3.01. The highest BCUT2D eigenvalue weighted by Gasteiger charge is 2.00. The summed E-state index contributed by atoms with van der Waals surface area (Å²) in [5.74, 6) is 0.202. The maximum Gasteiger partial charge on any atom is 0.131 e. The lowest BCUT2D eigenvalue weighted by molar-refractivity contribution is 0.458. The standard InChI is InChI=1S/C7H7ClOS/c1-4-2-5(8)3-6(10)7(4)9/h2-3,9-10H,1H3. The summed E-state index contributed by atoms with van der Waals surface area (Å²) in [6, 6.07) is 3.30. The fraction of sp³-hybridized carbons (Fsp3) is 0.143. The summed E-state index contributed by atoms with van der Waals surface area (Å²) in [5, 5.41) is 9.79. The molecule has 0 saturated carbocycles. The van der Waals surface area contributed by atoms with Gasteiger partial charge in [0.2, 0.25) is 0 Å². The van der Waals surface area contributed by atoms with Crippen LogP contribution >= 0.6 is 24.2 Å². The molecular formula is C7H7ClOS. The molecule has 0 bridgehead atoms. The van der Waals surface area contributed by atoms with Crippen LogP contribution in [0.25, 0.3) is 0 Å². The van der Waals surface area contributed by atoms with E-state index in [1.165, 1.54) is 0 Å². The number of halogens is 1. The number of thiol groups is 1. The maximum absolute atomic E-state index is 9.20. The van der Waals surface area contributed by atoms with Crippen molar-refractivity contribution in [1.82, 2.24) is 0 Å².